The Labute approximate surface area is 118 Å². The second-order valence-corrected chi connectivity index (χ2v) is 5.17. The van der Waals surface area contributed by atoms with Gasteiger partial charge >= 0.3 is 0 Å². The molecule has 1 atom stereocenters. The van der Waals surface area contributed by atoms with Crippen molar-refractivity contribution < 1.29 is 4.74 Å². The van der Waals surface area contributed by atoms with Crippen LogP contribution in [0, 0.1) is 5.92 Å². The van der Waals surface area contributed by atoms with Gasteiger partial charge in [-0.3, -0.25) is 0 Å². The van der Waals surface area contributed by atoms with Crippen molar-refractivity contribution in [2.24, 2.45) is 5.92 Å². The average Bonchev–Trinajstić information content (AvgIpc) is 3.13. The van der Waals surface area contributed by atoms with E-state index < -0.39 is 0 Å². The highest BCUT2D eigenvalue weighted by Crippen LogP contribution is 2.18. The van der Waals surface area contributed by atoms with Crippen molar-refractivity contribution in [2.45, 2.75) is 19.8 Å². The lowest BCUT2D eigenvalue weighted by molar-refractivity contribution is 0.187. The minimum atomic E-state index is 0.569. The molecule has 1 aliphatic heterocycles. The predicted octanol–water partition coefficient (Wildman–Crippen LogP) is 2.00. The van der Waals surface area contributed by atoms with E-state index in [0.717, 1.165) is 56.4 Å². The van der Waals surface area contributed by atoms with Gasteiger partial charge < -0.3 is 19.8 Å². The van der Waals surface area contributed by atoms with Gasteiger partial charge in [-0.2, -0.15) is 0 Å². The summed E-state index contributed by atoms with van der Waals surface area (Å²) in [4.78, 5) is 8.99. The summed E-state index contributed by atoms with van der Waals surface area (Å²) in [6.07, 6.45) is 7.90. The fourth-order valence-electron chi connectivity index (χ4n) is 2.37. The zero-order valence-electron chi connectivity index (χ0n) is 11.8. The zero-order chi connectivity index (χ0) is 13.8. The number of ether oxygens (including phenoxy) is 1. The van der Waals surface area contributed by atoms with Crippen molar-refractivity contribution in [3.8, 4) is 0 Å². The summed E-state index contributed by atoms with van der Waals surface area (Å²) in [5.41, 5.74) is 0.867. The molecule has 108 valence electrons. The van der Waals surface area contributed by atoms with Crippen molar-refractivity contribution in [2.75, 3.05) is 36.9 Å². The normalized spacial score (nSPS) is 18.6. The molecule has 6 heteroatoms. The lowest BCUT2D eigenvalue weighted by Gasteiger charge is -2.13. The van der Waals surface area contributed by atoms with Crippen LogP contribution in [0.4, 0.5) is 11.6 Å². The largest absolute Gasteiger partial charge is 0.381 e. The Bertz CT molecular complexity index is 562. The molecule has 1 unspecified atom stereocenters. The van der Waals surface area contributed by atoms with E-state index in [1.54, 1.807) is 6.20 Å². The molecule has 3 rings (SSSR count). The molecule has 0 aliphatic carbocycles. The molecule has 0 radical (unpaired) electrons. The van der Waals surface area contributed by atoms with Crippen molar-refractivity contribution >= 4 is 17.3 Å². The van der Waals surface area contributed by atoms with E-state index in [1.165, 1.54) is 0 Å². The number of nitrogens with zero attached hydrogens (tertiary/aromatic N) is 3. The third-order valence-corrected chi connectivity index (χ3v) is 3.51. The quantitative estimate of drug-likeness (QED) is 0.844. The number of nitrogens with one attached hydrogen (secondary N) is 2. The highest BCUT2D eigenvalue weighted by Gasteiger charge is 2.16. The summed E-state index contributed by atoms with van der Waals surface area (Å²) in [6, 6.07) is 0. The van der Waals surface area contributed by atoms with Crippen molar-refractivity contribution in [3.05, 3.63) is 18.6 Å². The number of hydrogen-bond acceptors (Lipinski definition) is 5. The summed E-state index contributed by atoms with van der Waals surface area (Å²) in [6.45, 7) is 5.65. The molecule has 2 aromatic heterocycles. The van der Waals surface area contributed by atoms with E-state index in [-0.39, 0.29) is 0 Å². The van der Waals surface area contributed by atoms with Crippen LogP contribution < -0.4 is 10.6 Å². The Morgan fingerprint density at radius 3 is 3.20 bits per heavy atom. The highest BCUT2D eigenvalue weighted by molar-refractivity contribution is 5.65. The topological polar surface area (TPSA) is 63.5 Å². The third kappa shape index (κ3) is 2.85. The van der Waals surface area contributed by atoms with Crippen LogP contribution in [0.5, 0.6) is 0 Å². The number of rotatable bonds is 6. The van der Waals surface area contributed by atoms with E-state index in [2.05, 4.69) is 27.5 Å². The van der Waals surface area contributed by atoms with Crippen LogP contribution in [-0.2, 0) is 4.74 Å². The van der Waals surface area contributed by atoms with E-state index in [9.17, 15) is 0 Å². The first-order valence-corrected chi connectivity index (χ1v) is 7.26. The predicted molar refractivity (Wildman–Crippen MR) is 79.2 cm³/mol. The molecule has 1 fully saturated rings. The first-order valence-electron chi connectivity index (χ1n) is 7.26. The lowest BCUT2D eigenvalue weighted by Crippen LogP contribution is -2.16. The monoisotopic (exact) mass is 275 g/mol. The van der Waals surface area contributed by atoms with Gasteiger partial charge in [0.15, 0.2) is 11.5 Å². The van der Waals surface area contributed by atoms with Gasteiger partial charge in [-0.15, -0.1) is 0 Å². The molecule has 1 saturated heterocycles. The first-order chi connectivity index (χ1) is 9.86. The number of aromatic nitrogens is 3. The van der Waals surface area contributed by atoms with Gasteiger partial charge in [0.1, 0.15) is 5.82 Å². The van der Waals surface area contributed by atoms with Crippen LogP contribution in [0.1, 0.15) is 19.8 Å². The Morgan fingerprint density at radius 1 is 1.45 bits per heavy atom. The molecule has 20 heavy (non-hydrogen) atoms. The van der Waals surface area contributed by atoms with Crippen LogP contribution >= 0.6 is 0 Å². The molecule has 2 N–H and O–H groups in total. The minimum absolute atomic E-state index is 0.569. The average molecular weight is 275 g/mol. The Balaban J connectivity index is 1.77. The molecule has 2 aromatic rings. The van der Waals surface area contributed by atoms with Gasteiger partial charge in [0, 0.05) is 38.0 Å². The van der Waals surface area contributed by atoms with Gasteiger partial charge in [-0.05, 0) is 12.8 Å². The molecule has 6 nitrogen and oxygen atoms in total. The number of imidazole rings is 1. The molecule has 0 bridgehead atoms. The van der Waals surface area contributed by atoms with E-state index >= 15 is 0 Å². The van der Waals surface area contributed by atoms with E-state index in [0.29, 0.717) is 5.92 Å². The standard InChI is InChI=1S/C14H21N5O/c1-2-4-15-12-9-19-6-5-16-14(19)13(18-12)17-8-11-3-7-20-10-11/h5-6,9,11,15H,2-4,7-8,10H2,1H3,(H,17,18). The Hall–Kier alpha value is -1.82. The Morgan fingerprint density at radius 2 is 2.40 bits per heavy atom. The molecular weight excluding hydrogens is 254 g/mol. The number of fused-ring (bicyclic) bond motifs is 1. The van der Waals surface area contributed by atoms with Crippen LogP contribution in [0.15, 0.2) is 18.6 Å². The second-order valence-electron chi connectivity index (χ2n) is 5.17. The summed E-state index contributed by atoms with van der Waals surface area (Å²) >= 11 is 0. The van der Waals surface area contributed by atoms with Gasteiger partial charge in [0.2, 0.25) is 0 Å². The SMILES string of the molecule is CCCNc1cn2ccnc2c(NCC2CCOC2)n1. The van der Waals surface area contributed by atoms with Gasteiger partial charge in [0.25, 0.3) is 0 Å². The van der Waals surface area contributed by atoms with Crippen LogP contribution in [0.3, 0.4) is 0 Å². The van der Waals surface area contributed by atoms with Crippen LogP contribution in [-0.4, -0.2) is 40.7 Å². The molecule has 0 aromatic carbocycles. The molecule has 0 amide bonds. The van der Waals surface area contributed by atoms with Gasteiger partial charge in [-0.25, -0.2) is 9.97 Å². The van der Waals surface area contributed by atoms with Crippen molar-refractivity contribution in [1.29, 1.82) is 0 Å². The summed E-state index contributed by atoms with van der Waals surface area (Å²) in [7, 11) is 0. The maximum absolute atomic E-state index is 5.40. The molecule has 3 heterocycles. The fraction of sp³-hybridized carbons (Fsp3) is 0.571. The Kier molecular flexibility index (Phi) is 4.01. The van der Waals surface area contributed by atoms with Crippen molar-refractivity contribution in [3.63, 3.8) is 0 Å². The smallest absolute Gasteiger partial charge is 0.180 e. The fourth-order valence-corrected chi connectivity index (χ4v) is 2.37. The van der Waals surface area contributed by atoms with Crippen LogP contribution in [0.25, 0.3) is 5.65 Å². The minimum Gasteiger partial charge on any atom is -0.381 e. The summed E-state index contributed by atoms with van der Waals surface area (Å²) < 4.78 is 7.40. The second kappa shape index (κ2) is 6.09. The number of anilines is 2. The summed E-state index contributed by atoms with van der Waals surface area (Å²) in [5, 5.41) is 6.74. The molecule has 1 aliphatic rings. The van der Waals surface area contributed by atoms with E-state index in [4.69, 9.17) is 4.74 Å². The lowest BCUT2D eigenvalue weighted by atomic mass is 10.1. The summed E-state index contributed by atoms with van der Waals surface area (Å²) in [5.74, 6) is 2.28. The highest BCUT2D eigenvalue weighted by atomic mass is 16.5. The molecular formula is C14H21N5O. The van der Waals surface area contributed by atoms with Crippen LogP contribution in [0.2, 0.25) is 0 Å². The molecule has 0 saturated carbocycles. The maximum atomic E-state index is 5.40. The molecule has 0 spiro atoms. The van der Waals surface area contributed by atoms with Crippen molar-refractivity contribution in [1.82, 2.24) is 14.4 Å². The maximum Gasteiger partial charge on any atom is 0.180 e. The first kappa shape index (κ1) is 13.2. The third-order valence-electron chi connectivity index (χ3n) is 3.51. The van der Waals surface area contributed by atoms with Gasteiger partial charge in [-0.1, -0.05) is 6.92 Å². The zero-order valence-corrected chi connectivity index (χ0v) is 11.8. The number of hydrogen-bond donors (Lipinski definition) is 2. The van der Waals surface area contributed by atoms with E-state index in [1.807, 2.05) is 16.8 Å². The van der Waals surface area contributed by atoms with Gasteiger partial charge in [0.05, 0.1) is 12.8 Å².